The number of pyridine rings is 2. The number of amides is 1. The number of hydrogen-bond acceptors (Lipinski definition) is 5. The molecule has 23 heavy (non-hydrogen) atoms. The summed E-state index contributed by atoms with van der Waals surface area (Å²) in [5, 5.41) is 18.4. The molecule has 0 fully saturated rings. The lowest BCUT2D eigenvalue weighted by atomic mass is 10.2. The van der Waals surface area contributed by atoms with Crippen molar-refractivity contribution in [3.05, 3.63) is 72.0 Å². The van der Waals surface area contributed by atoms with Crippen molar-refractivity contribution in [2.75, 3.05) is 0 Å². The zero-order valence-corrected chi connectivity index (χ0v) is 12.2. The summed E-state index contributed by atoms with van der Waals surface area (Å²) in [6.45, 7) is 0.285. The molecule has 3 rings (SSSR count). The fourth-order valence-electron chi connectivity index (χ4n) is 2.13. The quantitative estimate of drug-likeness (QED) is 0.534. The van der Waals surface area contributed by atoms with Crippen LogP contribution >= 0.6 is 0 Å². The molecule has 0 aliphatic heterocycles. The van der Waals surface area contributed by atoms with Crippen LogP contribution in [0.2, 0.25) is 0 Å². The molecule has 0 unspecified atom stereocenters. The molecule has 0 spiro atoms. The minimum absolute atomic E-state index is 0.0171. The molecule has 116 valence electrons. The Balaban J connectivity index is 1.67. The summed E-state index contributed by atoms with van der Waals surface area (Å²) >= 11 is 0. The summed E-state index contributed by atoms with van der Waals surface area (Å²) in [4.78, 5) is 20.0. The Bertz CT molecular complexity index is 803. The Morgan fingerprint density at radius 1 is 1.30 bits per heavy atom. The van der Waals surface area contributed by atoms with Crippen molar-refractivity contribution in [3.63, 3.8) is 0 Å². The van der Waals surface area contributed by atoms with Crippen LogP contribution in [0.1, 0.15) is 11.3 Å². The standard InChI is InChI=1S/C15H14N6O2/c22-15(7-13-3-1-2-6-21(13)23)18-9-12-8-16-5-4-14(12)20-11-17-10-19-20/h1-6,8,10-11H,7,9H2,(H,18,22). The van der Waals surface area contributed by atoms with Crippen molar-refractivity contribution < 1.29 is 9.52 Å². The highest BCUT2D eigenvalue weighted by Crippen LogP contribution is 2.11. The van der Waals surface area contributed by atoms with Crippen molar-refractivity contribution >= 4 is 5.91 Å². The van der Waals surface area contributed by atoms with E-state index < -0.39 is 0 Å². The summed E-state index contributed by atoms with van der Waals surface area (Å²) in [6, 6.07) is 6.76. The maximum Gasteiger partial charge on any atom is 0.230 e. The molecule has 1 amide bonds. The van der Waals surface area contributed by atoms with Crippen LogP contribution in [0.25, 0.3) is 5.69 Å². The molecule has 0 aliphatic rings. The monoisotopic (exact) mass is 310 g/mol. The lowest BCUT2D eigenvalue weighted by molar-refractivity contribution is -0.613. The van der Waals surface area contributed by atoms with Gasteiger partial charge in [-0.2, -0.15) is 9.83 Å². The van der Waals surface area contributed by atoms with Gasteiger partial charge in [-0.05, 0) is 12.1 Å². The van der Waals surface area contributed by atoms with Gasteiger partial charge in [0.2, 0.25) is 11.6 Å². The zero-order valence-electron chi connectivity index (χ0n) is 12.2. The number of rotatable bonds is 5. The third-order valence-corrected chi connectivity index (χ3v) is 3.27. The number of aromatic nitrogens is 5. The Morgan fingerprint density at radius 2 is 2.22 bits per heavy atom. The summed E-state index contributed by atoms with van der Waals surface area (Å²) < 4.78 is 2.29. The summed E-state index contributed by atoms with van der Waals surface area (Å²) in [6.07, 6.45) is 7.70. The van der Waals surface area contributed by atoms with E-state index >= 15 is 0 Å². The molecule has 0 aromatic carbocycles. The third kappa shape index (κ3) is 3.49. The van der Waals surface area contributed by atoms with E-state index in [9.17, 15) is 10.0 Å². The molecular weight excluding hydrogens is 296 g/mol. The predicted molar refractivity (Wildman–Crippen MR) is 80.1 cm³/mol. The molecule has 3 aromatic rings. The summed E-state index contributed by atoms with van der Waals surface area (Å²) in [5.74, 6) is -0.241. The molecule has 0 atom stereocenters. The van der Waals surface area contributed by atoms with Crippen LogP contribution < -0.4 is 10.0 Å². The fourth-order valence-corrected chi connectivity index (χ4v) is 2.13. The highest BCUT2D eigenvalue weighted by Gasteiger charge is 2.12. The van der Waals surface area contributed by atoms with Gasteiger partial charge in [-0.3, -0.25) is 9.78 Å². The molecule has 3 heterocycles. The number of nitrogens with one attached hydrogen (secondary N) is 1. The maximum absolute atomic E-state index is 12.0. The van der Waals surface area contributed by atoms with Crippen LogP contribution in [0, 0.1) is 5.21 Å². The van der Waals surface area contributed by atoms with Crippen LogP contribution in [0.3, 0.4) is 0 Å². The van der Waals surface area contributed by atoms with E-state index in [1.54, 1.807) is 47.7 Å². The van der Waals surface area contributed by atoms with Gasteiger partial charge < -0.3 is 10.5 Å². The number of hydrogen-bond donors (Lipinski definition) is 1. The van der Waals surface area contributed by atoms with Crippen molar-refractivity contribution in [2.24, 2.45) is 0 Å². The van der Waals surface area contributed by atoms with Gasteiger partial charge in [-0.15, -0.1) is 0 Å². The minimum atomic E-state index is -0.241. The molecule has 0 radical (unpaired) electrons. The van der Waals surface area contributed by atoms with Gasteiger partial charge in [0, 0.05) is 36.6 Å². The molecule has 0 bridgehead atoms. The zero-order chi connectivity index (χ0) is 16.1. The first-order valence-electron chi connectivity index (χ1n) is 6.95. The highest BCUT2D eigenvalue weighted by atomic mass is 16.5. The number of carbonyl (C=O) groups is 1. The molecule has 1 N–H and O–H groups in total. The largest absolute Gasteiger partial charge is 0.618 e. The van der Waals surface area contributed by atoms with Crippen LogP contribution in [0.4, 0.5) is 0 Å². The Kier molecular flexibility index (Phi) is 4.23. The molecule has 0 aliphatic carbocycles. The number of nitrogens with zero attached hydrogens (tertiary/aromatic N) is 5. The lowest BCUT2D eigenvalue weighted by Crippen LogP contribution is -2.35. The molecule has 0 saturated carbocycles. The third-order valence-electron chi connectivity index (χ3n) is 3.27. The first kappa shape index (κ1) is 14.6. The van der Waals surface area contributed by atoms with Crippen molar-refractivity contribution in [1.82, 2.24) is 25.1 Å². The maximum atomic E-state index is 12.0. The van der Waals surface area contributed by atoms with Crippen LogP contribution in [0.15, 0.2) is 55.5 Å². The topological polar surface area (TPSA) is 99.6 Å². The van der Waals surface area contributed by atoms with Crippen LogP contribution in [0.5, 0.6) is 0 Å². The average molecular weight is 310 g/mol. The fraction of sp³-hybridized carbons (Fsp3) is 0.133. The number of carbonyl (C=O) groups excluding carboxylic acids is 1. The second-order valence-corrected chi connectivity index (χ2v) is 4.82. The van der Waals surface area contributed by atoms with E-state index in [0.29, 0.717) is 10.4 Å². The van der Waals surface area contributed by atoms with Gasteiger partial charge in [0.15, 0.2) is 6.20 Å². The Hall–Kier alpha value is -3.29. The molecule has 0 saturated heterocycles. The van der Waals surface area contributed by atoms with E-state index in [4.69, 9.17) is 0 Å². The summed E-state index contributed by atoms with van der Waals surface area (Å²) in [5.41, 5.74) is 1.98. The Morgan fingerprint density at radius 3 is 3.00 bits per heavy atom. The van der Waals surface area contributed by atoms with Gasteiger partial charge in [0.25, 0.3) is 0 Å². The van der Waals surface area contributed by atoms with Gasteiger partial charge in [-0.25, -0.2) is 9.67 Å². The molecule has 8 heteroatoms. The first-order valence-corrected chi connectivity index (χ1v) is 6.95. The minimum Gasteiger partial charge on any atom is -0.618 e. The second kappa shape index (κ2) is 6.65. The van der Waals surface area contributed by atoms with Crippen molar-refractivity contribution in [1.29, 1.82) is 0 Å². The van der Waals surface area contributed by atoms with Crippen molar-refractivity contribution in [3.8, 4) is 5.69 Å². The predicted octanol–water partition coefficient (Wildman–Crippen LogP) is 0.155. The van der Waals surface area contributed by atoms with Gasteiger partial charge in [-0.1, -0.05) is 0 Å². The van der Waals surface area contributed by atoms with Crippen molar-refractivity contribution in [2.45, 2.75) is 13.0 Å². The second-order valence-electron chi connectivity index (χ2n) is 4.82. The summed E-state index contributed by atoms with van der Waals surface area (Å²) in [7, 11) is 0. The SMILES string of the molecule is O=C(Cc1cccc[n+]1[O-])NCc1cnccc1-n1cncn1. The van der Waals surface area contributed by atoms with E-state index in [1.807, 2.05) is 0 Å². The first-order chi connectivity index (χ1) is 11.2. The molecule has 3 aromatic heterocycles. The van der Waals surface area contributed by atoms with E-state index in [1.165, 1.54) is 12.5 Å². The smallest absolute Gasteiger partial charge is 0.230 e. The Labute approximate surface area is 132 Å². The van der Waals surface area contributed by atoms with Gasteiger partial charge >= 0.3 is 0 Å². The average Bonchev–Trinajstić information content (AvgIpc) is 3.10. The molecular formula is C15H14N6O2. The normalized spacial score (nSPS) is 10.4. The van der Waals surface area contributed by atoms with Gasteiger partial charge in [0.05, 0.1) is 5.69 Å². The van der Waals surface area contributed by atoms with E-state index in [-0.39, 0.29) is 18.9 Å². The van der Waals surface area contributed by atoms with Gasteiger partial charge in [0.1, 0.15) is 19.1 Å². The van der Waals surface area contributed by atoms with Crippen LogP contribution in [-0.4, -0.2) is 25.7 Å². The highest BCUT2D eigenvalue weighted by molar-refractivity contribution is 5.77. The van der Waals surface area contributed by atoms with Crippen LogP contribution in [-0.2, 0) is 17.8 Å². The lowest BCUT2D eigenvalue weighted by Gasteiger charge is -2.09. The van der Waals surface area contributed by atoms with E-state index in [0.717, 1.165) is 11.3 Å². The van der Waals surface area contributed by atoms with E-state index in [2.05, 4.69) is 20.4 Å². The molecule has 8 nitrogen and oxygen atoms in total.